The second-order valence-electron chi connectivity index (χ2n) is 4.76. The van der Waals surface area contributed by atoms with Crippen molar-refractivity contribution in [2.75, 3.05) is 6.54 Å². The van der Waals surface area contributed by atoms with Crippen molar-refractivity contribution in [1.29, 1.82) is 0 Å². The molecule has 1 N–H and O–H groups in total. The Balaban J connectivity index is 2.26. The molecule has 4 heteroatoms. The van der Waals surface area contributed by atoms with E-state index in [2.05, 4.69) is 80.3 Å². The van der Waals surface area contributed by atoms with Gasteiger partial charge in [0.1, 0.15) is 0 Å². The normalized spacial score (nSPS) is 12.4. The Kier molecular flexibility index (Phi) is 5.75. The third-order valence-corrected chi connectivity index (χ3v) is 4.80. The van der Waals surface area contributed by atoms with Crippen LogP contribution < -0.4 is 5.32 Å². The number of likely N-dealkylation sites (N-methyl/N-ethyl adjacent to an activating group) is 1. The monoisotopic (exact) mass is 396 g/mol. The maximum atomic E-state index is 4.48. The third kappa shape index (κ3) is 3.90. The number of benzene rings is 1. The first kappa shape index (κ1) is 15.7. The lowest BCUT2D eigenvalue weighted by Gasteiger charge is -2.20. The van der Waals surface area contributed by atoms with E-state index in [-0.39, 0.29) is 6.04 Å². The zero-order chi connectivity index (χ0) is 14.5. The fourth-order valence-electron chi connectivity index (χ4n) is 2.21. The number of halogens is 2. The summed E-state index contributed by atoms with van der Waals surface area (Å²) in [6.07, 6.45) is 2.73. The van der Waals surface area contributed by atoms with E-state index in [0.29, 0.717) is 0 Å². The summed E-state index contributed by atoms with van der Waals surface area (Å²) in [6.45, 7) is 5.18. The van der Waals surface area contributed by atoms with Crippen molar-refractivity contribution in [1.82, 2.24) is 10.3 Å². The Hall–Kier alpha value is -0.710. The molecule has 0 aliphatic rings. The molecule has 0 aliphatic heterocycles. The Morgan fingerprint density at radius 3 is 2.65 bits per heavy atom. The van der Waals surface area contributed by atoms with E-state index in [1.165, 1.54) is 15.6 Å². The number of rotatable bonds is 5. The Labute approximate surface area is 137 Å². The minimum absolute atomic E-state index is 0.267. The van der Waals surface area contributed by atoms with Crippen LogP contribution in [0.5, 0.6) is 0 Å². The molecular weight excluding hydrogens is 380 g/mol. The molecule has 2 aromatic rings. The lowest BCUT2D eigenvalue weighted by Crippen LogP contribution is -2.23. The SMILES string of the molecule is CCNC(Cc1ccc(Br)cn1)c1cccc(C)c1Br. The van der Waals surface area contributed by atoms with E-state index in [1.54, 1.807) is 0 Å². The van der Waals surface area contributed by atoms with Gasteiger partial charge >= 0.3 is 0 Å². The number of hydrogen-bond acceptors (Lipinski definition) is 2. The highest BCUT2D eigenvalue weighted by Crippen LogP contribution is 2.28. The van der Waals surface area contributed by atoms with E-state index < -0.39 is 0 Å². The molecule has 2 nitrogen and oxygen atoms in total. The smallest absolute Gasteiger partial charge is 0.0423 e. The average molecular weight is 398 g/mol. The van der Waals surface area contributed by atoms with Gasteiger partial charge in [-0.05, 0) is 52.7 Å². The maximum Gasteiger partial charge on any atom is 0.0423 e. The molecule has 2 rings (SSSR count). The maximum absolute atomic E-state index is 4.48. The van der Waals surface area contributed by atoms with Gasteiger partial charge in [-0.25, -0.2) is 0 Å². The lowest BCUT2D eigenvalue weighted by atomic mass is 10.00. The molecule has 1 heterocycles. The van der Waals surface area contributed by atoms with Crippen molar-refractivity contribution < 1.29 is 0 Å². The largest absolute Gasteiger partial charge is 0.310 e. The Bertz CT molecular complexity index is 567. The second kappa shape index (κ2) is 7.34. The summed E-state index contributed by atoms with van der Waals surface area (Å²) in [5, 5.41) is 3.55. The molecule has 0 saturated heterocycles. The lowest BCUT2D eigenvalue weighted by molar-refractivity contribution is 0.542. The number of nitrogens with zero attached hydrogens (tertiary/aromatic N) is 1. The summed E-state index contributed by atoms with van der Waals surface area (Å²) < 4.78 is 2.20. The van der Waals surface area contributed by atoms with Crippen molar-refractivity contribution in [3.8, 4) is 0 Å². The van der Waals surface area contributed by atoms with Crippen LogP contribution in [0.25, 0.3) is 0 Å². The van der Waals surface area contributed by atoms with Crippen molar-refractivity contribution in [2.24, 2.45) is 0 Å². The summed E-state index contributed by atoms with van der Waals surface area (Å²) in [6, 6.07) is 10.8. The number of aromatic nitrogens is 1. The Morgan fingerprint density at radius 2 is 2.00 bits per heavy atom. The third-order valence-electron chi connectivity index (χ3n) is 3.25. The first-order chi connectivity index (χ1) is 9.61. The van der Waals surface area contributed by atoms with Gasteiger partial charge in [-0.1, -0.05) is 41.1 Å². The number of aryl methyl sites for hydroxylation is 1. The molecule has 0 aliphatic carbocycles. The predicted octanol–water partition coefficient (Wildman–Crippen LogP) is 4.81. The highest BCUT2D eigenvalue weighted by molar-refractivity contribution is 9.10. The van der Waals surface area contributed by atoms with Crippen LogP contribution in [0.3, 0.4) is 0 Å². The first-order valence-corrected chi connectivity index (χ1v) is 8.29. The summed E-state index contributed by atoms with van der Waals surface area (Å²) >= 11 is 7.13. The zero-order valence-corrected chi connectivity index (χ0v) is 14.8. The van der Waals surface area contributed by atoms with Gasteiger partial charge in [-0.3, -0.25) is 4.98 Å². The molecule has 1 atom stereocenters. The van der Waals surface area contributed by atoms with E-state index >= 15 is 0 Å². The number of nitrogens with one attached hydrogen (secondary N) is 1. The molecule has 20 heavy (non-hydrogen) atoms. The van der Waals surface area contributed by atoms with Gasteiger partial charge in [-0.15, -0.1) is 0 Å². The van der Waals surface area contributed by atoms with Crippen molar-refractivity contribution in [3.05, 3.63) is 62.3 Å². The van der Waals surface area contributed by atoms with Crippen LogP contribution in [-0.4, -0.2) is 11.5 Å². The van der Waals surface area contributed by atoms with Crippen molar-refractivity contribution in [3.63, 3.8) is 0 Å². The van der Waals surface area contributed by atoms with Crippen LogP contribution in [0.4, 0.5) is 0 Å². The summed E-state index contributed by atoms with van der Waals surface area (Å²) in [4.78, 5) is 4.48. The van der Waals surface area contributed by atoms with Crippen molar-refractivity contribution >= 4 is 31.9 Å². The van der Waals surface area contributed by atoms with Crippen LogP contribution >= 0.6 is 31.9 Å². The number of hydrogen-bond donors (Lipinski definition) is 1. The Morgan fingerprint density at radius 1 is 1.20 bits per heavy atom. The van der Waals surface area contributed by atoms with Crippen LogP contribution in [0.15, 0.2) is 45.5 Å². The standard InChI is InChI=1S/C16H18Br2N2/c1-3-19-15(9-13-8-7-12(17)10-20-13)14-6-4-5-11(2)16(14)18/h4-8,10,15,19H,3,9H2,1-2H3. The minimum Gasteiger partial charge on any atom is -0.310 e. The molecule has 1 unspecified atom stereocenters. The predicted molar refractivity (Wildman–Crippen MR) is 90.9 cm³/mol. The fraction of sp³-hybridized carbons (Fsp3) is 0.312. The van der Waals surface area contributed by atoms with Gasteiger partial charge in [0.05, 0.1) is 0 Å². The number of pyridine rings is 1. The molecule has 0 fully saturated rings. The van der Waals surface area contributed by atoms with E-state index in [9.17, 15) is 0 Å². The fourth-order valence-corrected chi connectivity index (χ4v) is 2.99. The second-order valence-corrected chi connectivity index (χ2v) is 6.47. The molecule has 0 spiro atoms. The summed E-state index contributed by atoms with van der Waals surface area (Å²) in [5.74, 6) is 0. The van der Waals surface area contributed by atoms with Crippen LogP contribution in [0, 0.1) is 6.92 Å². The van der Waals surface area contributed by atoms with Crippen LogP contribution in [0.2, 0.25) is 0 Å². The van der Waals surface area contributed by atoms with E-state index in [0.717, 1.165) is 23.1 Å². The van der Waals surface area contributed by atoms with Crippen LogP contribution in [-0.2, 0) is 6.42 Å². The molecule has 0 amide bonds. The zero-order valence-electron chi connectivity index (χ0n) is 11.7. The van der Waals surface area contributed by atoms with Crippen LogP contribution in [0.1, 0.15) is 29.8 Å². The highest BCUT2D eigenvalue weighted by Gasteiger charge is 2.15. The summed E-state index contributed by atoms with van der Waals surface area (Å²) in [7, 11) is 0. The topological polar surface area (TPSA) is 24.9 Å². The average Bonchev–Trinajstić information content (AvgIpc) is 2.44. The molecule has 1 aromatic carbocycles. The van der Waals surface area contributed by atoms with Gasteiger partial charge < -0.3 is 5.32 Å². The molecular formula is C16H18Br2N2. The minimum atomic E-state index is 0.267. The molecule has 106 valence electrons. The molecule has 0 bridgehead atoms. The van der Waals surface area contributed by atoms with Crippen molar-refractivity contribution in [2.45, 2.75) is 26.3 Å². The molecule has 0 saturated carbocycles. The van der Waals surface area contributed by atoms with Gasteiger partial charge in [0.25, 0.3) is 0 Å². The van der Waals surface area contributed by atoms with Gasteiger partial charge in [0, 0.05) is 33.3 Å². The first-order valence-electron chi connectivity index (χ1n) is 6.70. The molecule has 0 radical (unpaired) electrons. The van der Waals surface area contributed by atoms with E-state index in [4.69, 9.17) is 0 Å². The van der Waals surface area contributed by atoms with E-state index in [1.807, 2.05) is 12.3 Å². The van der Waals surface area contributed by atoms with Gasteiger partial charge in [-0.2, -0.15) is 0 Å². The van der Waals surface area contributed by atoms with Gasteiger partial charge in [0.15, 0.2) is 0 Å². The van der Waals surface area contributed by atoms with Gasteiger partial charge in [0.2, 0.25) is 0 Å². The molecule has 1 aromatic heterocycles. The highest BCUT2D eigenvalue weighted by atomic mass is 79.9. The quantitative estimate of drug-likeness (QED) is 0.782. The summed E-state index contributed by atoms with van der Waals surface area (Å²) in [5.41, 5.74) is 3.64.